The van der Waals surface area contributed by atoms with Crippen LogP contribution in [0.25, 0.3) is 0 Å². The SMILES string of the molecule is CCOC(=O)[C@@H]1Cc2c(ccc(C)c2OCc2ccccc2)CN1C(=O)[C@@H](Oc1cccs1)c1ccccc1. The summed E-state index contributed by atoms with van der Waals surface area (Å²) in [6, 6.07) is 26.3. The van der Waals surface area contributed by atoms with Gasteiger partial charge >= 0.3 is 5.97 Å². The van der Waals surface area contributed by atoms with Crippen LogP contribution in [0.15, 0.2) is 90.3 Å². The molecule has 3 aromatic carbocycles. The van der Waals surface area contributed by atoms with Gasteiger partial charge in [-0.3, -0.25) is 4.79 Å². The van der Waals surface area contributed by atoms with Crippen LogP contribution in [-0.2, 0) is 33.9 Å². The molecule has 0 saturated heterocycles. The van der Waals surface area contributed by atoms with Crippen LogP contribution >= 0.6 is 11.3 Å². The molecule has 1 amide bonds. The van der Waals surface area contributed by atoms with Crippen molar-refractivity contribution < 1.29 is 23.8 Å². The van der Waals surface area contributed by atoms with E-state index in [-0.39, 0.29) is 19.1 Å². The van der Waals surface area contributed by atoms with E-state index in [0.29, 0.717) is 18.1 Å². The fourth-order valence-corrected chi connectivity index (χ4v) is 5.45. The van der Waals surface area contributed by atoms with E-state index < -0.39 is 18.1 Å². The molecule has 0 saturated carbocycles. The summed E-state index contributed by atoms with van der Waals surface area (Å²) in [7, 11) is 0. The van der Waals surface area contributed by atoms with Gasteiger partial charge in [-0.05, 0) is 48.1 Å². The van der Waals surface area contributed by atoms with Gasteiger partial charge in [-0.15, -0.1) is 11.3 Å². The van der Waals surface area contributed by atoms with Gasteiger partial charge in [-0.1, -0.05) is 72.8 Å². The maximum Gasteiger partial charge on any atom is 0.329 e. The van der Waals surface area contributed by atoms with Crippen LogP contribution in [0.3, 0.4) is 0 Å². The molecule has 39 heavy (non-hydrogen) atoms. The summed E-state index contributed by atoms with van der Waals surface area (Å²) >= 11 is 1.42. The Morgan fingerprint density at radius 3 is 2.41 bits per heavy atom. The number of carbonyl (C=O) groups is 2. The van der Waals surface area contributed by atoms with E-state index >= 15 is 0 Å². The smallest absolute Gasteiger partial charge is 0.329 e. The Morgan fingerprint density at radius 2 is 1.72 bits per heavy atom. The van der Waals surface area contributed by atoms with Crippen molar-refractivity contribution in [3.05, 3.63) is 118 Å². The second-order valence-corrected chi connectivity index (χ2v) is 10.3. The van der Waals surface area contributed by atoms with Gasteiger partial charge < -0.3 is 19.1 Å². The number of amides is 1. The number of carbonyl (C=O) groups excluding carboxylic acids is 2. The van der Waals surface area contributed by atoms with Crippen molar-refractivity contribution in [3.8, 4) is 10.8 Å². The number of aryl methyl sites for hydroxylation is 1. The van der Waals surface area contributed by atoms with Gasteiger partial charge in [0, 0.05) is 24.1 Å². The minimum absolute atomic E-state index is 0.225. The molecule has 0 bridgehead atoms. The number of fused-ring (bicyclic) bond motifs is 1. The third kappa shape index (κ3) is 5.99. The standard InChI is InChI=1S/C32H31NO5S/c1-3-36-32(35)27-19-26-25(17-16-22(2)29(26)37-21-23-11-6-4-7-12-23)20-33(27)31(34)30(24-13-8-5-9-14-24)38-28-15-10-18-39-28/h4-18,27,30H,3,19-21H2,1-2H3/t27-,30-/m0/s1. The quantitative estimate of drug-likeness (QED) is 0.234. The van der Waals surface area contributed by atoms with E-state index in [1.165, 1.54) is 11.3 Å². The minimum atomic E-state index is -0.900. The van der Waals surface area contributed by atoms with Crippen LogP contribution in [0.4, 0.5) is 0 Å². The Kier molecular flexibility index (Phi) is 8.27. The van der Waals surface area contributed by atoms with Gasteiger partial charge in [0.1, 0.15) is 18.4 Å². The number of ether oxygens (including phenoxy) is 3. The summed E-state index contributed by atoms with van der Waals surface area (Å²) < 4.78 is 18.0. The van der Waals surface area contributed by atoms with Gasteiger partial charge in [0.2, 0.25) is 6.10 Å². The zero-order chi connectivity index (χ0) is 27.2. The lowest BCUT2D eigenvalue weighted by molar-refractivity contribution is -0.158. The van der Waals surface area contributed by atoms with Crippen molar-refractivity contribution in [2.75, 3.05) is 6.61 Å². The normalized spacial score (nSPS) is 15.2. The van der Waals surface area contributed by atoms with Crippen molar-refractivity contribution in [1.29, 1.82) is 0 Å². The molecule has 0 aliphatic carbocycles. The summed E-state index contributed by atoms with van der Waals surface area (Å²) in [5.41, 5.74) is 4.64. The molecule has 2 atom stereocenters. The molecule has 2 heterocycles. The fourth-order valence-electron chi connectivity index (χ4n) is 4.85. The Hall–Kier alpha value is -4.10. The summed E-state index contributed by atoms with van der Waals surface area (Å²) in [5, 5.41) is 2.54. The van der Waals surface area contributed by atoms with Gasteiger partial charge in [0.15, 0.2) is 5.06 Å². The maximum atomic E-state index is 14.2. The number of benzene rings is 3. The van der Waals surface area contributed by atoms with E-state index in [4.69, 9.17) is 14.2 Å². The zero-order valence-corrected chi connectivity index (χ0v) is 22.9. The van der Waals surface area contributed by atoms with Gasteiger partial charge in [0.25, 0.3) is 5.91 Å². The number of esters is 1. The van der Waals surface area contributed by atoms with Gasteiger partial charge in [-0.25, -0.2) is 4.79 Å². The topological polar surface area (TPSA) is 65.1 Å². The average Bonchev–Trinajstić information content (AvgIpc) is 3.49. The Bertz CT molecular complexity index is 1410. The highest BCUT2D eigenvalue weighted by atomic mass is 32.1. The van der Waals surface area contributed by atoms with Crippen LogP contribution in [-0.4, -0.2) is 29.4 Å². The average molecular weight is 542 g/mol. The first-order valence-electron chi connectivity index (χ1n) is 13.1. The van der Waals surface area contributed by atoms with E-state index in [1.54, 1.807) is 11.8 Å². The molecule has 1 aromatic heterocycles. The zero-order valence-electron chi connectivity index (χ0n) is 22.0. The highest BCUT2D eigenvalue weighted by Gasteiger charge is 2.41. The summed E-state index contributed by atoms with van der Waals surface area (Å²) in [6.45, 7) is 4.65. The van der Waals surface area contributed by atoms with Crippen molar-refractivity contribution in [2.45, 2.75) is 45.6 Å². The lowest BCUT2D eigenvalue weighted by Crippen LogP contribution is -2.51. The third-order valence-electron chi connectivity index (χ3n) is 6.79. The number of hydrogen-bond donors (Lipinski definition) is 0. The largest absolute Gasteiger partial charge is 0.488 e. The number of thiophene rings is 1. The minimum Gasteiger partial charge on any atom is -0.488 e. The molecule has 7 heteroatoms. The second-order valence-electron chi connectivity index (χ2n) is 9.40. The molecule has 0 spiro atoms. The third-order valence-corrected chi connectivity index (χ3v) is 7.55. The predicted octanol–water partition coefficient (Wildman–Crippen LogP) is 6.27. The number of hydrogen-bond acceptors (Lipinski definition) is 6. The predicted molar refractivity (Wildman–Crippen MR) is 151 cm³/mol. The fraction of sp³-hybridized carbons (Fsp3) is 0.250. The van der Waals surface area contributed by atoms with E-state index in [9.17, 15) is 9.59 Å². The summed E-state index contributed by atoms with van der Waals surface area (Å²) in [6.07, 6.45) is -0.603. The molecule has 1 aliphatic heterocycles. The van der Waals surface area contributed by atoms with E-state index in [2.05, 4.69) is 0 Å². The maximum absolute atomic E-state index is 14.2. The highest BCUT2D eigenvalue weighted by molar-refractivity contribution is 7.11. The second kappa shape index (κ2) is 12.2. The summed E-state index contributed by atoms with van der Waals surface area (Å²) in [4.78, 5) is 29.1. The number of nitrogens with zero attached hydrogens (tertiary/aromatic N) is 1. The molecule has 6 nitrogen and oxygen atoms in total. The first-order chi connectivity index (χ1) is 19.0. The van der Waals surface area contributed by atoms with Crippen molar-refractivity contribution in [2.24, 2.45) is 0 Å². The molecule has 0 N–H and O–H groups in total. The molecule has 1 aliphatic rings. The van der Waals surface area contributed by atoms with E-state index in [0.717, 1.165) is 33.6 Å². The van der Waals surface area contributed by atoms with E-state index in [1.807, 2.05) is 97.2 Å². The van der Waals surface area contributed by atoms with Crippen LogP contribution in [0.5, 0.6) is 10.8 Å². The molecule has 0 unspecified atom stereocenters. The molecule has 4 aromatic rings. The Balaban J connectivity index is 1.49. The molecule has 200 valence electrons. The monoisotopic (exact) mass is 541 g/mol. The molecular weight excluding hydrogens is 510 g/mol. The molecule has 0 radical (unpaired) electrons. The summed E-state index contributed by atoms with van der Waals surface area (Å²) in [5.74, 6) is 0.0350. The van der Waals surface area contributed by atoms with Crippen molar-refractivity contribution >= 4 is 23.2 Å². The first-order valence-corrected chi connectivity index (χ1v) is 13.9. The van der Waals surface area contributed by atoms with Crippen molar-refractivity contribution in [3.63, 3.8) is 0 Å². The van der Waals surface area contributed by atoms with Crippen LogP contribution in [0.1, 0.15) is 40.8 Å². The van der Waals surface area contributed by atoms with Crippen LogP contribution in [0.2, 0.25) is 0 Å². The van der Waals surface area contributed by atoms with Crippen molar-refractivity contribution in [1.82, 2.24) is 4.90 Å². The van der Waals surface area contributed by atoms with Crippen LogP contribution < -0.4 is 9.47 Å². The molecule has 5 rings (SSSR count). The van der Waals surface area contributed by atoms with Gasteiger partial charge in [0.05, 0.1) is 6.61 Å². The highest BCUT2D eigenvalue weighted by Crippen LogP contribution is 2.37. The lowest BCUT2D eigenvalue weighted by atomic mass is 9.90. The Labute approximate surface area is 232 Å². The van der Waals surface area contributed by atoms with Crippen LogP contribution in [0, 0.1) is 6.92 Å². The first kappa shape index (κ1) is 26.5. The lowest BCUT2D eigenvalue weighted by Gasteiger charge is -2.38. The molecular formula is C32H31NO5S. The number of rotatable bonds is 9. The Morgan fingerprint density at radius 1 is 0.974 bits per heavy atom. The van der Waals surface area contributed by atoms with Gasteiger partial charge in [-0.2, -0.15) is 0 Å². The molecule has 0 fully saturated rings.